The van der Waals surface area contributed by atoms with Crippen LogP contribution < -0.4 is 5.73 Å². The van der Waals surface area contributed by atoms with Crippen LogP contribution in [0.4, 0.5) is 0 Å². The van der Waals surface area contributed by atoms with Gasteiger partial charge in [0.05, 0.1) is 25.4 Å². The van der Waals surface area contributed by atoms with Gasteiger partial charge in [-0.2, -0.15) is 0 Å². The van der Waals surface area contributed by atoms with E-state index in [9.17, 15) is 19.0 Å². The van der Waals surface area contributed by atoms with Gasteiger partial charge in [0.15, 0.2) is 6.10 Å². The minimum absolute atomic E-state index is 0.0395. The molecule has 0 aromatic carbocycles. The van der Waals surface area contributed by atoms with E-state index in [1.165, 1.54) is 77.0 Å². The Kier molecular flexibility index (Phi) is 36.0. The van der Waals surface area contributed by atoms with Crippen LogP contribution in [0.1, 0.15) is 181 Å². The average Bonchev–Trinajstić information content (AvgIpc) is 3.97. The summed E-state index contributed by atoms with van der Waals surface area (Å²) in [4.78, 5) is 34.9. The Hall–Kier alpha value is -2.33. The van der Waals surface area contributed by atoms with Gasteiger partial charge in [-0.15, -0.1) is 0 Å². The summed E-state index contributed by atoms with van der Waals surface area (Å²) in [7, 11) is -4.40. The first kappa shape index (κ1) is 53.7. The molecule has 3 unspecified atom stereocenters. The molecule has 0 bridgehead atoms. The summed E-state index contributed by atoms with van der Waals surface area (Å²) in [5.74, 6) is -0.907. The molecule has 0 aromatic rings. The summed E-state index contributed by atoms with van der Waals surface area (Å²) >= 11 is 0. The molecule has 4 atom stereocenters. The predicted molar refractivity (Wildman–Crippen MR) is 237 cm³/mol. The fourth-order valence-electron chi connectivity index (χ4n) is 6.23. The Morgan fingerprint density at radius 1 is 0.603 bits per heavy atom. The summed E-state index contributed by atoms with van der Waals surface area (Å²) in [5, 5.41) is 0. The quantitative estimate of drug-likeness (QED) is 0.0200. The van der Waals surface area contributed by atoms with E-state index in [1.807, 2.05) is 6.08 Å². The van der Waals surface area contributed by atoms with Crippen molar-refractivity contribution in [3.63, 3.8) is 0 Å². The number of unbranched alkanes of at least 4 members (excludes halogenated alkanes) is 16. The summed E-state index contributed by atoms with van der Waals surface area (Å²) in [6.07, 6.45) is 48.5. The van der Waals surface area contributed by atoms with Crippen LogP contribution in [0.3, 0.4) is 0 Å². The molecule has 0 amide bonds. The summed E-state index contributed by atoms with van der Waals surface area (Å²) in [6.45, 7) is 3.59. The van der Waals surface area contributed by atoms with Gasteiger partial charge in [-0.1, -0.05) is 145 Å². The highest BCUT2D eigenvalue weighted by Gasteiger charge is 2.36. The summed E-state index contributed by atoms with van der Waals surface area (Å²) < 4.78 is 38.5. The molecule has 1 saturated heterocycles. The number of phosphoric acid groups is 1. The number of rotatable bonds is 41. The number of carbonyl (C=O) groups is 2. The SMILES string of the molecule is CCCCC/C=C\C/C=C\CCCCCCCCCCCC(=O)OC[C@H](COP(=O)(O)OCCN)OC(=O)CCC/C=C\C/C=C\CC1OC1C/C=C\CCCCC. The molecule has 1 fully saturated rings. The molecular formula is C47H82NO9P. The molecule has 10 nitrogen and oxygen atoms in total. The van der Waals surface area contributed by atoms with Gasteiger partial charge in [0.1, 0.15) is 6.61 Å². The first-order valence-corrected chi connectivity index (χ1v) is 24.4. The van der Waals surface area contributed by atoms with Crippen LogP contribution in [0, 0.1) is 0 Å². The predicted octanol–water partition coefficient (Wildman–Crippen LogP) is 12.3. The largest absolute Gasteiger partial charge is 0.472 e. The number of allylic oxidation sites excluding steroid dienone is 8. The minimum Gasteiger partial charge on any atom is -0.462 e. The molecule has 1 aliphatic heterocycles. The third-order valence-electron chi connectivity index (χ3n) is 9.78. The van der Waals surface area contributed by atoms with Crippen molar-refractivity contribution >= 4 is 19.8 Å². The highest BCUT2D eigenvalue weighted by Crippen LogP contribution is 2.43. The molecule has 0 radical (unpaired) electrons. The topological polar surface area (TPSA) is 147 Å². The number of phosphoric ester groups is 1. The number of carbonyl (C=O) groups excluding carboxylic acids is 2. The van der Waals surface area contributed by atoms with Crippen molar-refractivity contribution in [1.82, 2.24) is 0 Å². The summed E-state index contributed by atoms with van der Waals surface area (Å²) in [5.41, 5.74) is 5.35. The van der Waals surface area contributed by atoms with E-state index >= 15 is 0 Å². The van der Waals surface area contributed by atoms with Crippen LogP contribution in [0.2, 0.25) is 0 Å². The number of epoxide rings is 1. The van der Waals surface area contributed by atoms with Crippen molar-refractivity contribution in [2.75, 3.05) is 26.4 Å². The van der Waals surface area contributed by atoms with E-state index in [-0.39, 0.29) is 32.6 Å². The third-order valence-corrected chi connectivity index (χ3v) is 10.8. The van der Waals surface area contributed by atoms with Crippen LogP contribution in [0.25, 0.3) is 0 Å². The zero-order valence-corrected chi connectivity index (χ0v) is 37.4. The van der Waals surface area contributed by atoms with E-state index in [0.29, 0.717) is 31.5 Å². The smallest absolute Gasteiger partial charge is 0.462 e. The second-order valence-corrected chi connectivity index (χ2v) is 16.8. The van der Waals surface area contributed by atoms with Crippen molar-refractivity contribution in [2.24, 2.45) is 5.73 Å². The van der Waals surface area contributed by atoms with Crippen molar-refractivity contribution in [1.29, 1.82) is 0 Å². The molecule has 1 rings (SSSR count). The molecule has 334 valence electrons. The zero-order chi connectivity index (χ0) is 42.2. The number of ether oxygens (including phenoxy) is 3. The van der Waals surface area contributed by atoms with Crippen LogP contribution in [0.15, 0.2) is 60.8 Å². The minimum atomic E-state index is -4.40. The molecule has 11 heteroatoms. The molecular weight excluding hydrogens is 753 g/mol. The molecule has 0 aromatic heterocycles. The van der Waals surface area contributed by atoms with Gasteiger partial charge in [-0.05, 0) is 83.5 Å². The number of nitrogens with two attached hydrogens (primary N) is 1. The zero-order valence-electron chi connectivity index (χ0n) is 36.5. The van der Waals surface area contributed by atoms with Crippen molar-refractivity contribution in [3.8, 4) is 0 Å². The van der Waals surface area contributed by atoms with Gasteiger partial charge < -0.3 is 24.8 Å². The van der Waals surface area contributed by atoms with Gasteiger partial charge in [0, 0.05) is 19.4 Å². The third kappa shape index (κ3) is 35.6. The number of esters is 2. The Morgan fingerprint density at radius 2 is 1.07 bits per heavy atom. The van der Waals surface area contributed by atoms with Crippen LogP contribution in [-0.2, 0) is 37.4 Å². The second kappa shape index (κ2) is 38.8. The first-order chi connectivity index (χ1) is 28.3. The standard InChI is InChI=1S/C47H82NO9P/c1-3-5-7-9-11-12-13-14-15-16-17-18-19-20-21-22-25-29-33-37-46(49)53-41-43(42-55-58(51,52)54-40-39-48)56-47(50)38-34-30-26-23-24-28-32-36-45-44(57-45)35-31-27-10-8-6-4-2/h11-12,14-15,23,26-28,31-32,43-45H,3-10,13,16-22,24-25,29-30,33-42,48H2,1-2H3,(H,51,52)/b12-11-,15-14-,26-23-,31-27-,32-28-/t43-,44?,45?/m1/s1. The van der Waals surface area contributed by atoms with Gasteiger partial charge in [0.25, 0.3) is 0 Å². The van der Waals surface area contributed by atoms with Crippen molar-refractivity contribution < 1.29 is 42.3 Å². The van der Waals surface area contributed by atoms with Crippen LogP contribution in [0.5, 0.6) is 0 Å². The maximum Gasteiger partial charge on any atom is 0.472 e. The van der Waals surface area contributed by atoms with E-state index < -0.39 is 32.5 Å². The average molecular weight is 836 g/mol. The Bertz CT molecular complexity index is 1200. The van der Waals surface area contributed by atoms with Crippen LogP contribution in [-0.4, -0.2) is 61.5 Å². The number of hydrogen-bond donors (Lipinski definition) is 2. The lowest BCUT2D eigenvalue weighted by Gasteiger charge is -2.19. The highest BCUT2D eigenvalue weighted by atomic mass is 31.2. The molecule has 1 heterocycles. The van der Waals surface area contributed by atoms with Crippen molar-refractivity contribution in [2.45, 2.75) is 199 Å². The fraction of sp³-hybridized carbons (Fsp3) is 0.745. The van der Waals surface area contributed by atoms with E-state index in [4.69, 9.17) is 29.0 Å². The Balaban J connectivity index is 2.20. The molecule has 58 heavy (non-hydrogen) atoms. The maximum absolute atomic E-state index is 12.6. The van der Waals surface area contributed by atoms with Gasteiger partial charge in [-0.25, -0.2) is 4.57 Å². The molecule has 0 saturated carbocycles. The lowest BCUT2D eigenvalue weighted by Crippen LogP contribution is -2.29. The van der Waals surface area contributed by atoms with Gasteiger partial charge in [-0.3, -0.25) is 18.6 Å². The maximum atomic E-state index is 12.6. The fourth-order valence-corrected chi connectivity index (χ4v) is 6.99. The number of hydrogen-bond acceptors (Lipinski definition) is 9. The lowest BCUT2D eigenvalue weighted by atomic mass is 10.1. The molecule has 0 aliphatic carbocycles. The Labute approximate surface area is 353 Å². The van der Waals surface area contributed by atoms with E-state index in [1.54, 1.807) is 0 Å². The highest BCUT2D eigenvalue weighted by molar-refractivity contribution is 7.47. The normalized spacial score (nSPS) is 17.3. The van der Waals surface area contributed by atoms with E-state index in [0.717, 1.165) is 57.8 Å². The van der Waals surface area contributed by atoms with E-state index in [2.05, 4.69) is 68.5 Å². The van der Waals surface area contributed by atoms with Crippen LogP contribution >= 0.6 is 7.82 Å². The molecule has 1 aliphatic rings. The monoisotopic (exact) mass is 836 g/mol. The van der Waals surface area contributed by atoms with Crippen molar-refractivity contribution in [3.05, 3.63) is 60.8 Å². The lowest BCUT2D eigenvalue weighted by molar-refractivity contribution is -0.161. The first-order valence-electron chi connectivity index (χ1n) is 22.9. The molecule has 3 N–H and O–H groups in total. The van der Waals surface area contributed by atoms with Gasteiger partial charge >= 0.3 is 19.8 Å². The summed E-state index contributed by atoms with van der Waals surface area (Å²) in [6, 6.07) is 0. The second-order valence-electron chi connectivity index (χ2n) is 15.3. The van der Waals surface area contributed by atoms with Gasteiger partial charge in [0.2, 0.25) is 0 Å². The Morgan fingerprint density at radius 3 is 1.64 bits per heavy atom. The molecule has 0 spiro atoms.